The van der Waals surface area contributed by atoms with E-state index in [-0.39, 0.29) is 0 Å². The average Bonchev–Trinajstić information content (AvgIpc) is 2.79. The topological polar surface area (TPSA) is 42.2 Å². The second-order valence-corrected chi connectivity index (χ2v) is 7.24. The van der Waals surface area contributed by atoms with Crippen LogP contribution >= 0.6 is 0 Å². The van der Waals surface area contributed by atoms with Gasteiger partial charge in [0.1, 0.15) is 6.61 Å². The monoisotopic (exact) mass is 409 g/mol. The molecular formula is C28H27NO2. The largest absolute Gasteiger partial charge is 0.490 e. The highest BCUT2D eigenvalue weighted by atomic mass is 16.5. The number of hydrogen-bond donors (Lipinski definition) is 0. The van der Waals surface area contributed by atoms with Gasteiger partial charge in [-0.1, -0.05) is 66.2 Å². The summed E-state index contributed by atoms with van der Waals surface area (Å²) in [4.78, 5) is 0. The van der Waals surface area contributed by atoms with Crippen molar-refractivity contribution >= 4 is 11.6 Å². The zero-order chi connectivity index (χ0) is 22.1. The standard InChI is InChI=1S/C28H27NO2/c1-4-9-25-16-23(17-26(19-29)24-14-12-21(3)13-15-24)18-27(30-5-2)28(25)31-20-22-10-7-6-8-11-22/h4,6-8,10-18H,1,5,9,20H2,2-3H3/b26-17-. The predicted octanol–water partition coefficient (Wildman–Crippen LogP) is 6.77. The first-order valence-corrected chi connectivity index (χ1v) is 10.4. The van der Waals surface area contributed by atoms with Crippen molar-refractivity contribution in [2.75, 3.05) is 6.61 Å². The van der Waals surface area contributed by atoms with Crippen molar-refractivity contribution in [3.05, 3.63) is 107 Å². The second kappa shape index (κ2) is 10.8. The molecule has 0 bridgehead atoms. The molecule has 3 aromatic rings. The molecule has 156 valence electrons. The lowest BCUT2D eigenvalue weighted by atomic mass is 10.00. The maximum Gasteiger partial charge on any atom is 0.165 e. The van der Waals surface area contributed by atoms with Crippen LogP contribution in [0.4, 0.5) is 0 Å². The van der Waals surface area contributed by atoms with Crippen LogP contribution in [0.2, 0.25) is 0 Å². The van der Waals surface area contributed by atoms with Gasteiger partial charge in [0.25, 0.3) is 0 Å². The molecule has 3 aromatic carbocycles. The van der Waals surface area contributed by atoms with Gasteiger partial charge in [-0.3, -0.25) is 0 Å². The van der Waals surface area contributed by atoms with Crippen molar-refractivity contribution in [1.29, 1.82) is 5.26 Å². The van der Waals surface area contributed by atoms with E-state index in [9.17, 15) is 5.26 Å². The molecule has 0 atom stereocenters. The Hall–Kier alpha value is -3.77. The van der Waals surface area contributed by atoms with Gasteiger partial charge in [-0.15, -0.1) is 6.58 Å². The molecule has 0 aliphatic carbocycles. The minimum atomic E-state index is 0.451. The van der Waals surface area contributed by atoms with Gasteiger partial charge in [0.2, 0.25) is 0 Å². The van der Waals surface area contributed by atoms with Crippen LogP contribution < -0.4 is 9.47 Å². The van der Waals surface area contributed by atoms with Crippen molar-refractivity contribution in [2.24, 2.45) is 0 Å². The first-order chi connectivity index (χ1) is 15.1. The van der Waals surface area contributed by atoms with Crippen LogP contribution in [0.15, 0.2) is 79.4 Å². The Kier molecular flexibility index (Phi) is 7.67. The van der Waals surface area contributed by atoms with E-state index in [4.69, 9.17) is 9.47 Å². The predicted molar refractivity (Wildman–Crippen MR) is 127 cm³/mol. The van der Waals surface area contributed by atoms with Crippen LogP contribution in [0.3, 0.4) is 0 Å². The van der Waals surface area contributed by atoms with Gasteiger partial charge in [0, 0.05) is 5.56 Å². The molecule has 0 radical (unpaired) electrons. The SMILES string of the molecule is C=CCc1cc(/C=C(/C#N)c2ccc(C)cc2)cc(OCC)c1OCc1ccccc1. The molecule has 31 heavy (non-hydrogen) atoms. The molecular weight excluding hydrogens is 382 g/mol. The van der Waals surface area contributed by atoms with Gasteiger partial charge < -0.3 is 9.47 Å². The molecule has 0 aliphatic rings. The summed E-state index contributed by atoms with van der Waals surface area (Å²) in [6.45, 7) is 8.84. The van der Waals surface area contributed by atoms with Crippen LogP contribution in [0, 0.1) is 18.3 Å². The molecule has 0 amide bonds. The molecule has 0 aliphatic heterocycles. The lowest BCUT2D eigenvalue weighted by Crippen LogP contribution is -2.03. The van der Waals surface area contributed by atoms with Crippen molar-refractivity contribution in [2.45, 2.75) is 26.9 Å². The van der Waals surface area contributed by atoms with Crippen LogP contribution in [-0.2, 0) is 13.0 Å². The number of aryl methyl sites for hydroxylation is 1. The second-order valence-electron chi connectivity index (χ2n) is 7.24. The molecule has 3 heteroatoms. The summed E-state index contributed by atoms with van der Waals surface area (Å²) in [5.41, 5.74) is 5.61. The molecule has 3 nitrogen and oxygen atoms in total. The highest BCUT2D eigenvalue weighted by molar-refractivity contribution is 5.90. The van der Waals surface area contributed by atoms with E-state index in [0.717, 1.165) is 33.6 Å². The Bertz CT molecular complexity index is 1090. The molecule has 0 heterocycles. The first kappa shape index (κ1) is 21.9. The van der Waals surface area contributed by atoms with Crippen LogP contribution in [0.5, 0.6) is 11.5 Å². The Morgan fingerprint density at radius 2 is 1.77 bits per heavy atom. The maximum atomic E-state index is 9.73. The van der Waals surface area contributed by atoms with Crippen molar-refractivity contribution in [1.82, 2.24) is 0 Å². The molecule has 0 N–H and O–H groups in total. The number of hydrogen-bond acceptors (Lipinski definition) is 3. The van der Waals surface area contributed by atoms with E-state index in [1.54, 1.807) is 0 Å². The highest BCUT2D eigenvalue weighted by Gasteiger charge is 2.14. The lowest BCUT2D eigenvalue weighted by Gasteiger charge is -2.17. The zero-order valence-electron chi connectivity index (χ0n) is 18.1. The highest BCUT2D eigenvalue weighted by Crippen LogP contribution is 2.36. The fourth-order valence-corrected chi connectivity index (χ4v) is 3.31. The smallest absolute Gasteiger partial charge is 0.165 e. The van der Waals surface area contributed by atoms with E-state index < -0.39 is 0 Å². The van der Waals surface area contributed by atoms with E-state index in [1.165, 1.54) is 0 Å². The molecule has 0 unspecified atom stereocenters. The minimum absolute atomic E-state index is 0.451. The van der Waals surface area contributed by atoms with Gasteiger partial charge in [0.05, 0.1) is 18.2 Å². The number of benzene rings is 3. The fraction of sp³-hybridized carbons (Fsp3) is 0.179. The summed E-state index contributed by atoms with van der Waals surface area (Å²) in [5, 5.41) is 9.73. The molecule has 0 aromatic heterocycles. The lowest BCUT2D eigenvalue weighted by molar-refractivity contribution is 0.267. The molecule has 0 saturated heterocycles. The zero-order valence-corrected chi connectivity index (χ0v) is 18.1. The third kappa shape index (κ3) is 5.87. The van der Waals surface area contributed by atoms with Crippen LogP contribution in [-0.4, -0.2) is 6.61 Å². The van der Waals surface area contributed by atoms with E-state index in [2.05, 4.69) is 12.6 Å². The Balaban J connectivity index is 2.00. The van der Waals surface area contributed by atoms with E-state index >= 15 is 0 Å². The Labute approximate surface area is 184 Å². The van der Waals surface area contributed by atoms with Crippen molar-refractivity contribution in [3.8, 4) is 17.6 Å². The normalized spacial score (nSPS) is 10.9. The summed E-state index contributed by atoms with van der Waals surface area (Å²) in [6, 6.07) is 24.3. The number of nitriles is 1. The van der Waals surface area contributed by atoms with Crippen LogP contribution in [0.1, 0.15) is 34.7 Å². The van der Waals surface area contributed by atoms with Gasteiger partial charge in [-0.05, 0) is 55.2 Å². The third-order valence-corrected chi connectivity index (χ3v) is 4.84. The van der Waals surface area contributed by atoms with Crippen molar-refractivity contribution < 1.29 is 9.47 Å². The van der Waals surface area contributed by atoms with E-state index in [1.807, 2.05) is 92.7 Å². The van der Waals surface area contributed by atoms with Crippen LogP contribution in [0.25, 0.3) is 11.6 Å². The summed E-state index contributed by atoms with van der Waals surface area (Å²) in [7, 11) is 0. The van der Waals surface area contributed by atoms with Gasteiger partial charge in [-0.2, -0.15) is 5.26 Å². The van der Waals surface area contributed by atoms with Gasteiger partial charge >= 0.3 is 0 Å². The quantitative estimate of drug-likeness (QED) is 0.223. The molecule has 0 spiro atoms. The van der Waals surface area contributed by atoms with Gasteiger partial charge in [-0.25, -0.2) is 0 Å². The fourth-order valence-electron chi connectivity index (χ4n) is 3.31. The summed E-state index contributed by atoms with van der Waals surface area (Å²) < 4.78 is 12.1. The molecule has 0 fully saturated rings. The average molecular weight is 410 g/mol. The van der Waals surface area contributed by atoms with E-state index in [0.29, 0.717) is 31.0 Å². The summed E-state index contributed by atoms with van der Waals surface area (Å²) in [5.74, 6) is 1.39. The molecule has 0 saturated carbocycles. The Morgan fingerprint density at radius 1 is 1.03 bits per heavy atom. The Morgan fingerprint density at radius 3 is 2.42 bits per heavy atom. The maximum absolute atomic E-state index is 9.73. The first-order valence-electron chi connectivity index (χ1n) is 10.4. The number of rotatable bonds is 9. The summed E-state index contributed by atoms with van der Waals surface area (Å²) in [6.07, 6.45) is 4.37. The third-order valence-electron chi connectivity index (χ3n) is 4.84. The number of allylic oxidation sites excluding steroid dienone is 2. The summed E-state index contributed by atoms with van der Waals surface area (Å²) >= 11 is 0. The number of nitrogens with zero attached hydrogens (tertiary/aromatic N) is 1. The number of ether oxygens (including phenoxy) is 2. The van der Waals surface area contributed by atoms with Crippen molar-refractivity contribution in [3.63, 3.8) is 0 Å². The minimum Gasteiger partial charge on any atom is -0.490 e. The van der Waals surface area contributed by atoms with Gasteiger partial charge in [0.15, 0.2) is 11.5 Å². The molecule has 3 rings (SSSR count).